The second-order valence-electron chi connectivity index (χ2n) is 4.97. The van der Waals surface area contributed by atoms with Crippen LogP contribution in [0.25, 0.3) is 22.2 Å². The molecule has 2 aromatic carbocycles. The van der Waals surface area contributed by atoms with Crippen molar-refractivity contribution in [3.63, 3.8) is 0 Å². The number of aryl methyl sites for hydroxylation is 1. The van der Waals surface area contributed by atoms with Gasteiger partial charge >= 0.3 is 0 Å². The molecule has 0 saturated heterocycles. The summed E-state index contributed by atoms with van der Waals surface area (Å²) in [6.07, 6.45) is 0. The lowest BCUT2D eigenvalue weighted by Crippen LogP contribution is -2.33. The highest BCUT2D eigenvalue weighted by atomic mass is 15.0. The normalized spacial score (nSPS) is 12.5. The summed E-state index contributed by atoms with van der Waals surface area (Å²) in [4.78, 5) is 0. The fourth-order valence-electron chi connectivity index (χ4n) is 3.00. The maximum absolute atomic E-state index is 2.42. The summed E-state index contributed by atoms with van der Waals surface area (Å²) in [7, 11) is 0. The van der Waals surface area contributed by atoms with Crippen LogP contribution >= 0.6 is 0 Å². The van der Waals surface area contributed by atoms with E-state index in [1.165, 1.54) is 33.3 Å². The summed E-state index contributed by atoms with van der Waals surface area (Å²) in [6, 6.07) is 19.7. The molecule has 1 aromatic heterocycles. The smallest absolute Gasteiger partial charge is 0.187 e. The van der Waals surface area contributed by atoms with Crippen LogP contribution in [0.15, 0.2) is 54.6 Å². The second kappa shape index (κ2) is 3.42. The maximum atomic E-state index is 2.42. The summed E-state index contributed by atoms with van der Waals surface area (Å²) < 4.78 is 2.42. The van der Waals surface area contributed by atoms with Gasteiger partial charge in [-0.15, -0.1) is 0 Å². The van der Waals surface area contributed by atoms with E-state index in [1.54, 1.807) is 0 Å². The van der Waals surface area contributed by atoms with Crippen LogP contribution < -0.4 is 4.57 Å². The third-order valence-electron chi connectivity index (χ3n) is 3.89. The van der Waals surface area contributed by atoms with Crippen molar-refractivity contribution in [3.05, 3.63) is 65.7 Å². The van der Waals surface area contributed by atoms with Crippen molar-refractivity contribution in [2.24, 2.45) is 0 Å². The van der Waals surface area contributed by atoms with Crippen LogP contribution in [0, 0.1) is 6.92 Å². The molecule has 0 fully saturated rings. The number of hydrogen-bond donors (Lipinski definition) is 0. The summed E-state index contributed by atoms with van der Waals surface area (Å²) >= 11 is 0. The van der Waals surface area contributed by atoms with Crippen LogP contribution in [-0.2, 0) is 6.54 Å². The van der Waals surface area contributed by atoms with Gasteiger partial charge in [0.05, 0.1) is 5.56 Å². The highest BCUT2D eigenvalue weighted by molar-refractivity contribution is 5.82. The largest absolute Gasteiger partial charge is 0.214 e. The molecule has 0 bridgehead atoms. The van der Waals surface area contributed by atoms with Crippen molar-refractivity contribution in [1.82, 2.24) is 0 Å². The number of benzene rings is 2. The Morgan fingerprint density at radius 3 is 2.67 bits per heavy atom. The lowest BCUT2D eigenvalue weighted by atomic mass is 10.0. The SMILES string of the molecule is Cc1cc2[n+](c3ccccc13)Cc1ccccc1-2. The van der Waals surface area contributed by atoms with Crippen molar-refractivity contribution in [2.45, 2.75) is 13.5 Å². The fraction of sp³-hybridized carbons (Fsp3) is 0.118. The Hall–Kier alpha value is -2.15. The van der Waals surface area contributed by atoms with Gasteiger partial charge in [0.15, 0.2) is 6.54 Å². The lowest BCUT2D eigenvalue weighted by Gasteiger charge is -2.02. The number of rotatable bonds is 0. The average Bonchev–Trinajstić information content (AvgIpc) is 2.78. The van der Waals surface area contributed by atoms with E-state index in [4.69, 9.17) is 0 Å². The van der Waals surface area contributed by atoms with Crippen LogP contribution in [0.1, 0.15) is 11.1 Å². The van der Waals surface area contributed by atoms with Gasteiger partial charge in [0, 0.05) is 23.1 Å². The van der Waals surface area contributed by atoms with E-state index in [2.05, 4.69) is 66.1 Å². The molecule has 0 saturated carbocycles. The molecule has 0 atom stereocenters. The molecule has 0 spiro atoms. The van der Waals surface area contributed by atoms with Crippen LogP contribution in [0.4, 0.5) is 0 Å². The number of aromatic nitrogens is 1. The van der Waals surface area contributed by atoms with Gasteiger partial charge in [0.2, 0.25) is 11.2 Å². The first kappa shape index (κ1) is 9.84. The Morgan fingerprint density at radius 2 is 1.72 bits per heavy atom. The number of pyridine rings is 1. The minimum Gasteiger partial charge on any atom is -0.187 e. The Labute approximate surface area is 106 Å². The van der Waals surface area contributed by atoms with Gasteiger partial charge < -0.3 is 0 Å². The number of nitrogens with zero attached hydrogens (tertiary/aromatic N) is 1. The third kappa shape index (κ3) is 1.19. The van der Waals surface area contributed by atoms with E-state index >= 15 is 0 Å². The Kier molecular flexibility index (Phi) is 1.87. The standard InChI is InChI=1S/C17H14N/c1-12-10-17-15-8-3-2-6-13(15)11-18(17)16-9-5-4-7-14(12)16/h2-10H,11H2,1H3/q+1. The zero-order valence-electron chi connectivity index (χ0n) is 10.4. The molecule has 0 radical (unpaired) electrons. The number of hydrogen-bond acceptors (Lipinski definition) is 0. The van der Waals surface area contributed by atoms with Crippen LogP contribution in [0.5, 0.6) is 0 Å². The second-order valence-corrected chi connectivity index (χ2v) is 4.97. The van der Waals surface area contributed by atoms with E-state index < -0.39 is 0 Å². The van der Waals surface area contributed by atoms with Crippen LogP contribution in [0.2, 0.25) is 0 Å². The lowest BCUT2D eigenvalue weighted by molar-refractivity contribution is -0.645. The fourth-order valence-corrected chi connectivity index (χ4v) is 3.00. The summed E-state index contributed by atoms with van der Waals surface area (Å²) in [5.74, 6) is 0. The molecule has 1 heteroatoms. The average molecular weight is 232 g/mol. The minimum absolute atomic E-state index is 0.992. The molecular formula is C17H14N+. The molecule has 0 amide bonds. The molecule has 2 heterocycles. The quantitative estimate of drug-likeness (QED) is 0.409. The monoisotopic (exact) mass is 232 g/mol. The highest BCUT2D eigenvalue weighted by Gasteiger charge is 2.28. The minimum atomic E-state index is 0.992. The van der Waals surface area contributed by atoms with Crippen LogP contribution in [0.3, 0.4) is 0 Å². The van der Waals surface area contributed by atoms with Gasteiger partial charge in [-0.3, -0.25) is 0 Å². The topological polar surface area (TPSA) is 3.88 Å². The van der Waals surface area contributed by atoms with Crippen molar-refractivity contribution in [1.29, 1.82) is 0 Å². The van der Waals surface area contributed by atoms with Gasteiger partial charge in [0.25, 0.3) is 0 Å². The van der Waals surface area contributed by atoms with Crippen molar-refractivity contribution in [2.75, 3.05) is 0 Å². The summed E-state index contributed by atoms with van der Waals surface area (Å²) in [6.45, 7) is 3.19. The molecule has 3 aromatic rings. The van der Waals surface area contributed by atoms with Gasteiger partial charge in [0.1, 0.15) is 0 Å². The van der Waals surface area contributed by atoms with Gasteiger partial charge in [-0.25, -0.2) is 0 Å². The molecule has 86 valence electrons. The summed E-state index contributed by atoms with van der Waals surface area (Å²) in [5, 5.41) is 1.36. The van der Waals surface area contributed by atoms with E-state index in [9.17, 15) is 0 Å². The predicted octanol–water partition coefficient (Wildman–Crippen LogP) is 3.46. The van der Waals surface area contributed by atoms with Gasteiger partial charge in [-0.1, -0.05) is 30.3 Å². The van der Waals surface area contributed by atoms with E-state index in [-0.39, 0.29) is 0 Å². The van der Waals surface area contributed by atoms with E-state index in [0.29, 0.717) is 0 Å². The number of para-hydroxylation sites is 1. The zero-order chi connectivity index (χ0) is 12.1. The van der Waals surface area contributed by atoms with E-state index in [0.717, 1.165) is 6.54 Å². The van der Waals surface area contributed by atoms with Crippen molar-refractivity contribution >= 4 is 10.9 Å². The van der Waals surface area contributed by atoms with Gasteiger partial charge in [-0.05, 0) is 24.6 Å². The molecule has 0 N–H and O–H groups in total. The molecule has 1 nitrogen and oxygen atoms in total. The molecule has 0 aliphatic carbocycles. The molecule has 18 heavy (non-hydrogen) atoms. The summed E-state index contributed by atoms with van der Waals surface area (Å²) in [5.41, 5.74) is 6.85. The maximum Gasteiger partial charge on any atom is 0.214 e. The first-order chi connectivity index (χ1) is 8.84. The van der Waals surface area contributed by atoms with Crippen molar-refractivity contribution < 1.29 is 4.57 Å². The first-order valence-electron chi connectivity index (χ1n) is 6.35. The first-order valence-corrected chi connectivity index (χ1v) is 6.35. The molecule has 4 rings (SSSR count). The van der Waals surface area contributed by atoms with E-state index in [1.807, 2.05) is 0 Å². The van der Waals surface area contributed by atoms with Gasteiger partial charge in [-0.2, -0.15) is 4.57 Å². The Morgan fingerprint density at radius 1 is 0.944 bits per heavy atom. The third-order valence-corrected chi connectivity index (χ3v) is 3.89. The van der Waals surface area contributed by atoms with Crippen molar-refractivity contribution in [3.8, 4) is 11.3 Å². The molecule has 1 aliphatic heterocycles. The zero-order valence-corrected chi connectivity index (χ0v) is 10.4. The Balaban J connectivity index is 2.14. The molecule has 1 aliphatic rings. The molecule has 0 unspecified atom stereocenters. The Bertz CT molecular complexity index is 772. The highest BCUT2D eigenvalue weighted by Crippen LogP contribution is 2.30. The molecular weight excluding hydrogens is 218 g/mol. The van der Waals surface area contributed by atoms with Crippen LogP contribution in [-0.4, -0.2) is 0 Å². The predicted molar refractivity (Wildman–Crippen MR) is 73.4 cm³/mol. The number of fused-ring (bicyclic) bond motifs is 5.